The molecule has 2 heteroatoms. The summed E-state index contributed by atoms with van der Waals surface area (Å²) in [6.45, 7) is 4.74. The molecule has 1 heterocycles. The SMILES string of the molecule is c1cc(CN2CCCCCCC2)ccc1CNC1CC1. The normalized spacial score (nSPS) is 21.4. The summed E-state index contributed by atoms with van der Waals surface area (Å²) in [6.07, 6.45) is 9.77. The third kappa shape index (κ3) is 4.60. The van der Waals surface area contributed by atoms with E-state index in [-0.39, 0.29) is 0 Å². The van der Waals surface area contributed by atoms with Gasteiger partial charge in [0.1, 0.15) is 0 Å². The Morgan fingerprint density at radius 3 is 2.10 bits per heavy atom. The van der Waals surface area contributed by atoms with E-state index < -0.39 is 0 Å². The summed E-state index contributed by atoms with van der Waals surface area (Å²) in [5.74, 6) is 0. The second-order valence-electron chi connectivity index (χ2n) is 6.52. The van der Waals surface area contributed by atoms with Gasteiger partial charge in [-0.3, -0.25) is 4.90 Å². The summed E-state index contributed by atoms with van der Waals surface area (Å²) in [5.41, 5.74) is 2.90. The Morgan fingerprint density at radius 2 is 1.45 bits per heavy atom. The Hall–Kier alpha value is -0.860. The molecule has 3 rings (SSSR count). The van der Waals surface area contributed by atoms with Crippen LogP contribution in [0, 0.1) is 0 Å². The van der Waals surface area contributed by atoms with Crippen molar-refractivity contribution in [2.24, 2.45) is 0 Å². The lowest BCUT2D eigenvalue weighted by atomic mass is 10.1. The first-order valence-corrected chi connectivity index (χ1v) is 8.44. The van der Waals surface area contributed by atoms with E-state index in [9.17, 15) is 0 Å². The zero-order valence-corrected chi connectivity index (χ0v) is 12.6. The highest BCUT2D eigenvalue weighted by Crippen LogP contribution is 2.19. The number of nitrogens with zero attached hydrogens (tertiary/aromatic N) is 1. The second kappa shape index (κ2) is 7.24. The second-order valence-corrected chi connectivity index (χ2v) is 6.52. The van der Waals surface area contributed by atoms with Crippen LogP contribution in [0.5, 0.6) is 0 Å². The molecule has 110 valence electrons. The summed E-state index contributed by atoms with van der Waals surface area (Å²) in [5, 5.41) is 3.58. The maximum Gasteiger partial charge on any atom is 0.0233 e. The van der Waals surface area contributed by atoms with Gasteiger partial charge in [0.2, 0.25) is 0 Å². The Bertz CT molecular complexity index is 386. The average molecular weight is 272 g/mol. The first kappa shape index (κ1) is 14.1. The predicted octanol–water partition coefficient (Wildman–Crippen LogP) is 3.70. The molecule has 20 heavy (non-hydrogen) atoms. The van der Waals surface area contributed by atoms with Crippen molar-refractivity contribution in [2.75, 3.05) is 13.1 Å². The molecule has 1 aromatic carbocycles. The highest BCUT2D eigenvalue weighted by atomic mass is 15.1. The van der Waals surface area contributed by atoms with Gasteiger partial charge in [-0.2, -0.15) is 0 Å². The minimum Gasteiger partial charge on any atom is -0.310 e. The van der Waals surface area contributed by atoms with Crippen molar-refractivity contribution in [1.29, 1.82) is 0 Å². The molecule has 1 saturated carbocycles. The van der Waals surface area contributed by atoms with Gasteiger partial charge >= 0.3 is 0 Å². The van der Waals surface area contributed by atoms with E-state index in [0.29, 0.717) is 0 Å². The molecule has 1 saturated heterocycles. The van der Waals surface area contributed by atoms with Gasteiger partial charge in [-0.25, -0.2) is 0 Å². The fourth-order valence-electron chi connectivity index (χ4n) is 3.04. The molecule has 1 aromatic rings. The Kier molecular flexibility index (Phi) is 5.10. The standard InChI is InChI=1S/C18H28N2/c1-2-4-12-20(13-5-3-1)15-17-8-6-16(7-9-17)14-19-18-10-11-18/h6-9,18-19H,1-5,10-15H2. The molecule has 0 aromatic heterocycles. The van der Waals surface area contributed by atoms with Crippen molar-refractivity contribution >= 4 is 0 Å². The quantitative estimate of drug-likeness (QED) is 0.879. The number of hydrogen-bond acceptors (Lipinski definition) is 2. The summed E-state index contributed by atoms with van der Waals surface area (Å²) >= 11 is 0. The van der Waals surface area contributed by atoms with Crippen LogP contribution in [0.1, 0.15) is 56.1 Å². The molecule has 0 atom stereocenters. The molecule has 2 fully saturated rings. The van der Waals surface area contributed by atoms with Crippen molar-refractivity contribution in [3.8, 4) is 0 Å². The van der Waals surface area contributed by atoms with Crippen molar-refractivity contribution in [3.05, 3.63) is 35.4 Å². The molecular weight excluding hydrogens is 244 g/mol. The summed E-state index contributed by atoms with van der Waals surface area (Å²) in [4.78, 5) is 2.64. The van der Waals surface area contributed by atoms with Crippen molar-refractivity contribution in [1.82, 2.24) is 10.2 Å². The third-order valence-corrected chi connectivity index (χ3v) is 4.55. The van der Waals surface area contributed by atoms with Crippen LogP contribution in [0.25, 0.3) is 0 Å². The van der Waals surface area contributed by atoms with Crippen molar-refractivity contribution in [3.63, 3.8) is 0 Å². The fraction of sp³-hybridized carbons (Fsp3) is 0.667. The van der Waals surface area contributed by atoms with Crippen LogP contribution in [0.15, 0.2) is 24.3 Å². The third-order valence-electron chi connectivity index (χ3n) is 4.55. The van der Waals surface area contributed by atoms with E-state index in [2.05, 4.69) is 34.5 Å². The number of nitrogens with one attached hydrogen (secondary N) is 1. The van der Waals surface area contributed by atoms with Gasteiger partial charge in [-0.15, -0.1) is 0 Å². The first-order valence-electron chi connectivity index (χ1n) is 8.44. The Labute approximate surface area is 123 Å². The van der Waals surface area contributed by atoms with Crippen LogP contribution in [-0.4, -0.2) is 24.0 Å². The van der Waals surface area contributed by atoms with Gasteiger partial charge in [-0.1, -0.05) is 43.5 Å². The zero-order valence-electron chi connectivity index (χ0n) is 12.6. The van der Waals surface area contributed by atoms with Crippen LogP contribution in [-0.2, 0) is 13.1 Å². The molecule has 1 aliphatic carbocycles. The lowest BCUT2D eigenvalue weighted by molar-refractivity contribution is 0.240. The highest BCUT2D eigenvalue weighted by Gasteiger charge is 2.19. The fourth-order valence-corrected chi connectivity index (χ4v) is 3.04. The minimum absolute atomic E-state index is 0.802. The zero-order chi connectivity index (χ0) is 13.6. The molecule has 0 spiro atoms. The molecular formula is C18H28N2. The Morgan fingerprint density at radius 1 is 0.850 bits per heavy atom. The van der Waals surface area contributed by atoms with E-state index in [4.69, 9.17) is 0 Å². The van der Waals surface area contributed by atoms with Gasteiger partial charge in [-0.05, 0) is 49.9 Å². The largest absolute Gasteiger partial charge is 0.310 e. The van der Waals surface area contributed by atoms with Crippen LogP contribution in [0.2, 0.25) is 0 Å². The molecule has 0 bridgehead atoms. The summed E-state index contributed by atoms with van der Waals surface area (Å²) < 4.78 is 0. The topological polar surface area (TPSA) is 15.3 Å². The van der Waals surface area contributed by atoms with Gasteiger partial charge in [0.05, 0.1) is 0 Å². The molecule has 2 nitrogen and oxygen atoms in total. The van der Waals surface area contributed by atoms with Crippen LogP contribution >= 0.6 is 0 Å². The van der Waals surface area contributed by atoms with E-state index in [1.54, 1.807) is 0 Å². The van der Waals surface area contributed by atoms with Crippen LogP contribution < -0.4 is 5.32 Å². The maximum absolute atomic E-state index is 3.58. The average Bonchev–Trinajstić information content (AvgIpc) is 3.25. The van der Waals surface area contributed by atoms with Gasteiger partial charge in [0.25, 0.3) is 0 Å². The van der Waals surface area contributed by atoms with E-state index >= 15 is 0 Å². The molecule has 0 amide bonds. The smallest absolute Gasteiger partial charge is 0.0233 e. The highest BCUT2D eigenvalue weighted by molar-refractivity contribution is 5.22. The van der Waals surface area contributed by atoms with E-state index in [0.717, 1.165) is 19.1 Å². The minimum atomic E-state index is 0.802. The summed E-state index contributed by atoms with van der Waals surface area (Å²) in [7, 11) is 0. The Balaban J connectivity index is 1.48. The number of likely N-dealkylation sites (tertiary alicyclic amines) is 1. The first-order chi connectivity index (χ1) is 9.90. The van der Waals surface area contributed by atoms with E-state index in [1.165, 1.54) is 69.2 Å². The molecule has 1 aliphatic heterocycles. The molecule has 0 radical (unpaired) electrons. The maximum atomic E-state index is 3.58. The van der Waals surface area contributed by atoms with Crippen molar-refractivity contribution in [2.45, 2.75) is 64.1 Å². The van der Waals surface area contributed by atoms with Gasteiger partial charge in [0.15, 0.2) is 0 Å². The van der Waals surface area contributed by atoms with Gasteiger partial charge < -0.3 is 5.32 Å². The number of benzene rings is 1. The molecule has 0 unspecified atom stereocenters. The van der Waals surface area contributed by atoms with E-state index in [1.807, 2.05) is 0 Å². The number of hydrogen-bond donors (Lipinski definition) is 1. The van der Waals surface area contributed by atoms with Crippen LogP contribution in [0.4, 0.5) is 0 Å². The molecule has 1 N–H and O–H groups in total. The lowest BCUT2D eigenvalue weighted by Gasteiger charge is -2.24. The molecule has 2 aliphatic rings. The number of rotatable bonds is 5. The lowest BCUT2D eigenvalue weighted by Crippen LogP contribution is -2.26. The van der Waals surface area contributed by atoms with Crippen molar-refractivity contribution < 1.29 is 0 Å². The monoisotopic (exact) mass is 272 g/mol. The summed E-state index contributed by atoms with van der Waals surface area (Å²) in [6, 6.07) is 10.0. The predicted molar refractivity (Wildman–Crippen MR) is 84.7 cm³/mol. The van der Waals surface area contributed by atoms with Gasteiger partial charge in [0, 0.05) is 19.1 Å². The van der Waals surface area contributed by atoms with Crippen LogP contribution in [0.3, 0.4) is 0 Å².